The van der Waals surface area contributed by atoms with Gasteiger partial charge in [0.1, 0.15) is 0 Å². The van der Waals surface area contributed by atoms with Crippen LogP contribution < -0.4 is 0 Å². The van der Waals surface area contributed by atoms with Crippen molar-refractivity contribution in [2.45, 2.75) is 19.6 Å². The van der Waals surface area contributed by atoms with Crippen LogP contribution in [0.4, 0.5) is 13.2 Å². The summed E-state index contributed by atoms with van der Waals surface area (Å²) < 4.78 is 40.4. The van der Waals surface area contributed by atoms with Crippen molar-refractivity contribution in [2.75, 3.05) is 0 Å². The van der Waals surface area contributed by atoms with Crippen molar-refractivity contribution < 1.29 is 13.2 Å². The predicted molar refractivity (Wildman–Crippen MR) is 94.8 cm³/mol. The maximum atomic E-state index is 12.8. The maximum absolute atomic E-state index is 12.8. The Balaban J connectivity index is 1.69. The molecule has 26 heavy (non-hydrogen) atoms. The van der Waals surface area contributed by atoms with Gasteiger partial charge in [-0.1, -0.05) is 24.3 Å². The highest BCUT2D eigenvalue weighted by atomic mass is 19.4. The van der Waals surface area contributed by atoms with Gasteiger partial charge in [0.2, 0.25) is 0 Å². The Bertz CT molecular complexity index is 1060. The number of alkyl halides is 3. The molecule has 0 spiro atoms. The van der Waals surface area contributed by atoms with Crippen molar-refractivity contribution in [3.8, 4) is 11.3 Å². The summed E-state index contributed by atoms with van der Waals surface area (Å²) in [5, 5.41) is 8.02. The Morgan fingerprint density at radius 2 is 1.77 bits per heavy atom. The number of aromatic nitrogens is 3. The molecule has 0 unspecified atom stereocenters. The molecule has 4 aromatic rings. The summed E-state index contributed by atoms with van der Waals surface area (Å²) in [6.07, 6.45) is -2.55. The first-order valence-electron chi connectivity index (χ1n) is 8.17. The lowest BCUT2D eigenvalue weighted by molar-refractivity contribution is -0.137. The Kier molecular flexibility index (Phi) is 3.83. The van der Waals surface area contributed by atoms with Crippen LogP contribution >= 0.6 is 0 Å². The van der Waals surface area contributed by atoms with Gasteiger partial charge in [-0.05, 0) is 48.4 Å². The van der Waals surface area contributed by atoms with Gasteiger partial charge in [-0.3, -0.25) is 5.10 Å². The van der Waals surface area contributed by atoms with E-state index in [1.165, 1.54) is 12.1 Å². The fourth-order valence-corrected chi connectivity index (χ4v) is 3.13. The zero-order valence-corrected chi connectivity index (χ0v) is 14.0. The average Bonchev–Trinajstić information content (AvgIpc) is 3.21. The number of aromatic amines is 1. The van der Waals surface area contributed by atoms with Crippen LogP contribution in [-0.4, -0.2) is 14.8 Å². The zero-order chi connectivity index (χ0) is 18.3. The molecule has 0 saturated carbocycles. The molecule has 0 bridgehead atoms. The number of H-pyrrole nitrogens is 1. The standard InChI is InChI=1S/C20H16F3N3/c1-13-2-9-19(15-5-7-17(8-6-15)20(21,22)23)26(13)12-14-3-4-16-11-24-25-18(16)10-14/h2-11H,12H2,1H3,(H,24,25). The Labute approximate surface area is 148 Å². The molecule has 3 nitrogen and oxygen atoms in total. The molecular formula is C20H16F3N3. The van der Waals surface area contributed by atoms with Crippen molar-refractivity contribution in [1.29, 1.82) is 0 Å². The number of halogens is 3. The molecule has 0 aliphatic carbocycles. The first kappa shape index (κ1) is 16.4. The highest BCUT2D eigenvalue weighted by Gasteiger charge is 2.30. The average molecular weight is 355 g/mol. The molecule has 0 radical (unpaired) electrons. The molecule has 2 heterocycles. The third kappa shape index (κ3) is 2.98. The Morgan fingerprint density at radius 3 is 2.50 bits per heavy atom. The lowest BCUT2D eigenvalue weighted by Gasteiger charge is -2.13. The SMILES string of the molecule is Cc1ccc(-c2ccc(C(F)(F)F)cc2)n1Cc1ccc2cn[nH]c2c1. The van der Waals surface area contributed by atoms with E-state index >= 15 is 0 Å². The third-order valence-electron chi connectivity index (χ3n) is 4.55. The summed E-state index contributed by atoms with van der Waals surface area (Å²) in [6.45, 7) is 2.62. The first-order chi connectivity index (χ1) is 12.4. The zero-order valence-electron chi connectivity index (χ0n) is 14.0. The topological polar surface area (TPSA) is 33.6 Å². The van der Waals surface area contributed by atoms with E-state index in [2.05, 4.69) is 14.8 Å². The van der Waals surface area contributed by atoms with Gasteiger partial charge in [0, 0.05) is 23.3 Å². The Morgan fingerprint density at radius 1 is 1.00 bits per heavy atom. The van der Waals surface area contributed by atoms with E-state index in [0.717, 1.165) is 45.6 Å². The van der Waals surface area contributed by atoms with Gasteiger partial charge in [-0.2, -0.15) is 18.3 Å². The fourth-order valence-electron chi connectivity index (χ4n) is 3.13. The summed E-state index contributed by atoms with van der Waals surface area (Å²) in [6, 6.07) is 15.3. The quantitative estimate of drug-likeness (QED) is 0.524. The summed E-state index contributed by atoms with van der Waals surface area (Å²) in [4.78, 5) is 0. The highest BCUT2D eigenvalue weighted by Crippen LogP contribution is 2.31. The summed E-state index contributed by atoms with van der Waals surface area (Å²) >= 11 is 0. The number of fused-ring (bicyclic) bond motifs is 1. The number of aryl methyl sites for hydroxylation is 1. The minimum Gasteiger partial charge on any atom is -0.340 e. The normalized spacial score (nSPS) is 12.0. The molecule has 0 aliphatic rings. The van der Waals surface area contributed by atoms with Crippen molar-refractivity contribution >= 4 is 10.9 Å². The Hall–Kier alpha value is -3.02. The number of hydrogen-bond donors (Lipinski definition) is 1. The van der Waals surface area contributed by atoms with E-state index in [9.17, 15) is 13.2 Å². The molecule has 0 saturated heterocycles. The van der Waals surface area contributed by atoms with E-state index in [0.29, 0.717) is 6.54 Å². The third-order valence-corrected chi connectivity index (χ3v) is 4.55. The van der Waals surface area contributed by atoms with E-state index in [1.807, 2.05) is 37.3 Å². The van der Waals surface area contributed by atoms with Crippen LogP contribution in [0.5, 0.6) is 0 Å². The van der Waals surface area contributed by atoms with Crippen LogP contribution in [0, 0.1) is 6.92 Å². The number of hydrogen-bond acceptors (Lipinski definition) is 1. The minimum absolute atomic E-state index is 0.629. The number of benzene rings is 2. The molecule has 2 aromatic carbocycles. The fraction of sp³-hybridized carbons (Fsp3) is 0.150. The highest BCUT2D eigenvalue weighted by molar-refractivity contribution is 5.78. The molecule has 1 N–H and O–H groups in total. The van der Waals surface area contributed by atoms with Crippen molar-refractivity contribution in [3.63, 3.8) is 0 Å². The monoisotopic (exact) mass is 355 g/mol. The van der Waals surface area contributed by atoms with Gasteiger partial charge in [0.25, 0.3) is 0 Å². The second-order valence-corrected chi connectivity index (χ2v) is 6.31. The van der Waals surface area contributed by atoms with Crippen molar-refractivity contribution in [1.82, 2.24) is 14.8 Å². The van der Waals surface area contributed by atoms with E-state index in [4.69, 9.17) is 0 Å². The minimum atomic E-state index is -4.32. The van der Waals surface area contributed by atoms with Crippen LogP contribution in [0.2, 0.25) is 0 Å². The summed E-state index contributed by atoms with van der Waals surface area (Å²) in [7, 11) is 0. The van der Waals surface area contributed by atoms with Crippen LogP contribution in [0.15, 0.2) is 60.8 Å². The van der Waals surface area contributed by atoms with Crippen molar-refractivity contribution in [2.24, 2.45) is 0 Å². The van der Waals surface area contributed by atoms with Crippen LogP contribution in [0.25, 0.3) is 22.2 Å². The number of nitrogens with one attached hydrogen (secondary N) is 1. The molecule has 6 heteroatoms. The molecule has 132 valence electrons. The van der Waals surface area contributed by atoms with E-state index in [-0.39, 0.29) is 0 Å². The molecule has 0 atom stereocenters. The summed E-state index contributed by atoms with van der Waals surface area (Å²) in [5.74, 6) is 0. The lowest BCUT2D eigenvalue weighted by atomic mass is 10.1. The van der Waals surface area contributed by atoms with Gasteiger partial charge in [0.05, 0.1) is 17.3 Å². The van der Waals surface area contributed by atoms with Gasteiger partial charge in [-0.25, -0.2) is 0 Å². The second kappa shape index (κ2) is 6.05. The number of rotatable bonds is 3. The molecule has 0 fully saturated rings. The van der Waals surface area contributed by atoms with Crippen LogP contribution in [0.3, 0.4) is 0 Å². The molecule has 4 rings (SSSR count). The molecule has 0 aliphatic heterocycles. The van der Waals surface area contributed by atoms with Gasteiger partial charge >= 0.3 is 6.18 Å². The van der Waals surface area contributed by atoms with Crippen LogP contribution in [-0.2, 0) is 12.7 Å². The van der Waals surface area contributed by atoms with Gasteiger partial charge < -0.3 is 4.57 Å². The molecule has 2 aromatic heterocycles. The van der Waals surface area contributed by atoms with Crippen molar-refractivity contribution in [3.05, 3.63) is 77.6 Å². The number of nitrogens with zero attached hydrogens (tertiary/aromatic N) is 2. The smallest absolute Gasteiger partial charge is 0.340 e. The van der Waals surface area contributed by atoms with Gasteiger partial charge in [-0.15, -0.1) is 0 Å². The summed E-state index contributed by atoms with van der Waals surface area (Å²) in [5.41, 5.74) is 4.11. The van der Waals surface area contributed by atoms with Gasteiger partial charge in [0.15, 0.2) is 0 Å². The molecular weight excluding hydrogens is 339 g/mol. The predicted octanol–water partition coefficient (Wildman–Crippen LogP) is 5.41. The second-order valence-electron chi connectivity index (χ2n) is 6.31. The van der Waals surface area contributed by atoms with E-state index < -0.39 is 11.7 Å². The van der Waals surface area contributed by atoms with E-state index in [1.54, 1.807) is 6.20 Å². The largest absolute Gasteiger partial charge is 0.416 e. The first-order valence-corrected chi connectivity index (χ1v) is 8.17. The maximum Gasteiger partial charge on any atom is 0.416 e. The lowest BCUT2D eigenvalue weighted by Crippen LogP contribution is -2.05. The molecule has 0 amide bonds. The van der Waals surface area contributed by atoms with Crippen LogP contribution in [0.1, 0.15) is 16.8 Å².